The highest BCUT2D eigenvalue weighted by molar-refractivity contribution is 9.10. The topological polar surface area (TPSA) is 18.5 Å². The monoisotopic (exact) mass is 394 g/mol. The minimum Gasteiger partial charge on any atom is -0.466 e. The SMILES string of the molecule is COCOc1ccc(C=Cc2ccc(-c3ccccc3)cc2)cc1Br. The highest BCUT2D eigenvalue weighted by Gasteiger charge is 2.01. The second-order valence-corrected chi connectivity index (χ2v) is 6.42. The maximum Gasteiger partial charge on any atom is 0.188 e. The summed E-state index contributed by atoms with van der Waals surface area (Å²) in [7, 11) is 1.61. The molecular weight excluding hydrogens is 376 g/mol. The van der Waals surface area contributed by atoms with Gasteiger partial charge in [-0.3, -0.25) is 0 Å². The molecule has 0 N–H and O–H groups in total. The Balaban J connectivity index is 1.70. The maximum absolute atomic E-state index is 5.47. The van der Waals surface area contributed by atoms with Crippen molar-refractivity contribution >= 4 is 28.1 Å². The molecule has 3 aromatic rings. The lowest BCUT2D eigenvalue weighted by Gasteiger charge is -2.07. The summed E-state index contributed by atoms with van der Waals surface area (Å²) in [5.41, 5.74) is 4.72. The molecule has 25 heavy (non-hydrogen) atoms. The van der Waals surface area contributed by atoms with Crippen LogP contribution in [-0.2, 0) is 4.74 Å². The number of hydrogen-bond donors (Lipinski definition) is 0. The zero-order valence-electron chi connectivity index (χ0n) is 14.0. The van der Waals surface area contributed by atoms with Crippen LogP contribution < -0.4 is 4.74 Å². The van der Waals surface area contributed by atoms with Crippen LogP contribution in [0.3, 0.4) is 0 Å². The van der Waals surface area contributed by atoms with Gasteiger partial charge in [0.15, 0.2) is 6.79 Å². The second kappa shape index (κ2) is 8.65. The van der Waals surface area contributed by atoms with Crippen LogP contribution in [0.1, 0.15) is 11.1 Å². The lowest BCUT2D eigenvalue weighted by molar-refractivity contribution is 0.0506. The summed E-state index contributed by atoms with van der Waals surface area (Å²) < 4.78 is 11.3. The molecule has 126 valence electrons. The third-order valence-corrected chi connectivity index (χ3v) is 4.39. The fourth-order valence-electron chi connectivity index (χ4n) is 2.47. The van der Waals surface area contributed by atoms with Crippen molar-refractivity contribution in [3.8, 4) is 16.9 Å². The molecule has 0 amide bonds. The van der Waals surface area contributed by atoms with Gasteiger partial charge < -0.3 is 9.47 Å². The number of halogens is 1. The summed E-state index contributed by atoms with van der Waals surface area (Å²) in [5, 5.41) is 0. The van der Waals surface area contributed by atoms with E-state index in [1.54, 1.807) is 7.11 Å². The van der Waals surface area contributed by atoms with Gasteiger partial charge in [-0.05, 0) is 50.3 Å². The molecule has 0 heterocycles. The molecule has 3 rings (SSSR count). The van der Waals surface area contributed by atoms with Gasteiger partial charge in [0.1, 0.15) is 5.75 Å². The fraction of sp³-hybridized carbons (Fsp3) is 0.0909. The van der Waals surface area contributed by atoms with Crippen molar-refractivity contribution in [1.29, 1.82) is 0 Å². The van der Waals surface area contributed by atoms with Crippen molar-refractivity contribution < 1.29 is 9.47 Å². The van der Waals surface area contributed by atoms with Crippen LogP contribution in [0.15, 0.2) is 77.3 Å². The second-order valence-electron chi connectivity index (χ2n) is 5.56. The van der Waals surface area contributed by atoms with Crippen LogP contribution in [0.4, 0.5) is 0 Å². The average Bonchev–Trinajstić information content (AvgIpc) is 2.67. The van der Waals surface area contributed by atoms with E-state index in [9.17, 15) is 0 Å². The van der Waals surface area contributed by atoms with Crippen LogP contribution >= 0.6 is 15.9 Å². The number of hydrogen-bond acceptors (Lipinski definition) is 2. The van der Waals surface area contributed by atoms with E-state index >= 15 is 0 Å². The van der Waals surface area contributed by atoms with E-state index in [1.165, 1.54) is 11.1 Å². The fourth-order valence-corrected chi connectivity index (χ4v) is 2.98. The molecule has 0 radical (unpaired) electrons. The smallest absolute Gasteiger partial charge is 0.188 e. The molecule has 0 spiro atoms. The summed E-state index contributed by atoms with van der Waals surface area (Å²) in [6.07, 6.45) is 4.19. The summed E-state index contributed by atoms with van der Waals surface area (Å²) in [6.45, 7) is 0.238. The standard InChI is InChI=1S/C22H19BrO2/c1-24-16-25-22-14-11-18(15-21(22)23)8-7-17-9-12-20(13-10-17)19-5-3-2-4-6-19/h2-15H,16H2,1H3. The third-order valence-electron chi connectivity index (χ3n) is 3.77. The van der Waals surface area contributed by atoms with Gasteiger partial charge in [-0.25, -0.2) is 0 Å². The molecule has 0 bridgehead atoms. The number of ether oxygens (including phenoxy) is 2. The molecule has 3 aromatic carbocycles. The average molecular weight is 395 g/mol. The number of methoxy groups -OCH3 is 1. The number of benzene rings is 3. The molecular formula is C22H19BrO2. The largest absolute Gasteiger partial charge is 0.466 e. The first-order chi connectivity index (χ1) is 12.3. The summed E-state index contributed by atoms with van der Waals surface area (Å²) in [5.74, 6) is 0.770. The van der Waals surface area contributed by atoms with E-state index in [1.807, 2.05) is 24.3 Å². The molecule has 0 atom stereocenters. The quantitative estimate of drug-likeness (QED) is 0.362. The summed E-state index contributed by atoms with van der Waals surface area (Å²) in [4.78, 5) is 0. The Bertz CT molecular complexity index is 840. The van der Waals surface area contributed by atoms with Crippen molar-refractivity contribution in [3.05, 3.63) is 88.4 Å². The van der Waals surface area contributed by atoms with Crippen LogP contribution in [0.2, 0.25) is 0 Å². The molecule has 3 heteroatoms. The minimum absolute atomic E-state index is 0.238. The van der Waals surface area contributed by atoms with E-state index in [-0.39, 0.29) is 6.79 Å². The molecule has 0 saturated carbocycles. The van der Waals surface area contributed by atoms with Gasteiger partial charge in [0.25, 0.3) is 0 Å². The van der Waals surface area contributed by atoms with Gasteiger partial charge >= 0.3 is 0 Å². The Kier molecular flexibility index (Phi) is 6.04. The van der Waals surface area contributed by atoms with E-state index in [0.29, 0.717) is 0 Å². The molecule has 0 unspecified atom stereocenters. The number of rotatable bonds is 6. The summed E-state index contributed by atoms with van der Waals surface area (Å²) in [6, 6.07) is 24.9. The first kappa shape index (κ1) is 17.5. The van der Waals surface area contributed by atoms with Crippen molar-refractivity contribution in [3.63, 3.8) is 0 Å². The van der Waals surface area contributed by atoms with Crippen molar-refractivity contribution in [1.82, 2.24) is 0 Å². The Morgan fingerprint density at radius 1 is 0.800 bits per heavy atom. The molecule has 0 aliphatic carbocycles. The lowest BCUT2D eigenvalue weighted by atomic mass is 10.0. The predicted octanol–water partition coefficient (Wildman–Crippen LogP) is 6.27. The van der Waals surface area contributed by atoms with E-state index < -0.39 is 0 Å². The van der Waals surface area contributed by atoms with Gasteiger partial charge in [-0.15, -0.1) is 0 Å². The van der Waals surface area contributed by atoms with Crippen molar-refractivity contribution in [2.24, 2.45) is 0 Å². The molecule has 0 aliphatic heterocycles. The Hall–Kier alpha value is -2.36. The van der Waals surface area contributed by atoms with Crippen LogP contribution in [0.25, 0.3) is 23.3 Å². The molecule has 0 saturated heterocycles. The van der Waals surface area contributed by atoms with Gasteiger partial charge in [-0.1, -0.05) is 72.8 Å². The highest BCUT2D eigenvalue weighted by atomic mass is 79.9. The molecule has 2 nitrogen and oxygen atoms in total. The van der Waals surface area contributed by atoms with E-state index in [2.05, 4.69) is 76.6 Å². The van der Waals surface area contributed by atoms with Crippen LogP contribution in [-0.4, -0.2) is 13.9 Å². The maximum atomic E-state index is 5.47. The Morgan fingerprint density at radius 2 is 1.44 bits per heavy atom. The minimum atomic E-state index is 0.238. The van der Waals surface area contributed by atoms with Gasteiger partial charge in [0, 0.05) is 7.11 Å². The van der Waals surface area contributed by atoms with Gasteiger partial charge in [0.2, 0.25) is 0 Å². The van der Waals surface area contributed by atoms with Gasteiger partial charge in [0.05, 0.1) is 4.47 Å². The first-order valence-corrected chi connectivity index (χ1v) is 8.80. The van der Waals surface area contributed by atoms with Gasteiger partial charge in [-0.2, -0.15) is 0 Å². The van der Waals surface area contributed by atoms with Crippen LogP contribution in [0, 0.1) is 0 Å². The van der Waals surface area contributed by atoms with E-state index in [0.717, 1.165) is 21.3 Å². The van der Waals surface area contributed by atoms with Crippen molar-refractivity contribution in [2.75, 3.05) is 13.9 Å². The Morgan fingerprint density at radius 3 is 2.12 bits per heavy atom. The molecule has 0 fully saturated rings. The Labute approximate surface area is 156 Å². The van der Waals surface area contributed by atoms with E-state index in [4.69, 9.17) is 9.47 Å². The zero-order chi connectivity index (χ0) is 17.5. The molecule has 0 aliphatic rings. The highest BCUT2D eigenvalue weighted by Crippen LogP contribution is 2.27. The lowest BCUT2D eigenvalue weighted by Crippen LogP contribution is -1.99. The third kappa shape index (κ3) is 4.81. The normalized spacial score (nSPS) is 11.0. The summed E-state index contributed by atoms with van der Waals surface area (Å²) >= 11 is 3.52. The first-order valence-electron chi connectivity index (χ1n) is 8.01. The molecule has 0 aromatic heterocycles. The zero-order valence-corrected chi connectivity index (χ0v) is 15.6. The predicted molar refractivity (Wildman–Crippen MR) is 107 cm³/mol. The van der Waals surface area contributed by atoms with Crippen LogP contribution in [0.5, 0.6) is 5.75 Å². The van der Waals surface area contributed by atoms with Crippen molar-refractivity contribution in [2.45, 2.75) is 0 Å².